The van der Waals surface area contributed by atoms with Crippen LogP contribution in [0, 0.1) is 6.92 Å². The Bertz CT molecular complexity index is 1920. The van der Waals surface area contributed by atoms with Gasteiger partial charge >= 0.3 is 0 Å². The first-order chi connectivity index (χ1) is 23.3. The maximum absolute atomic E-state index is 4.16. The second-order valence-electron chi connectivity index (χ2n) is 11.7. The second kappa shape index (κ2) is 19.5. The summed E-state index contributed by atoms with van der Waals surface area (Å²) in [6.45, 7) is 20.8. The Morgan fingerprint density at radius 1 is 0.625 bits per heavy atom. The number of aryl methyl sites for hydroxylation is 1. The highest BCUT2D eigenvalue weighted by Gasteiger charge is 2.12. The first-order valence-corrected chi connectivity index (χ1v) is 17.0. The van der Waals surface area contributed by atoms with Crippen LogP contribution in [0.3, 0.4) is 0 Å². The quantitative estimate of drug-likeness (QED) is 0.150. The van der Waals surface area contributed by atoms with Crippen molar-refractivity contribution in [3.63, 3.8) is 0 Å². The molecule has 0 aliphatic rings. The first kappa shape index (κ1) is 37.3. The average Bonchev–Trinajstić information content (AvgIpc) is 3.11. The fourth-order valence-electron chi connectivity index (χ4n) is 5.52. The third-order valence-electron chi connectivity index (χ3n) is 7.83. The molecule has 0 aliphatic carbocycles. The number of allylic oxidation sites excluding steroid dienone is 10. The summed E-state index contributed by atoms with van der Waals surface area (Å²) in [7, 11) is 0. The summed E-state index contributed by atoms with van der Waals surface area (Å²) >= 11 is 0. The van der Waals surface area contributed by atoms with E-state index in [-0.39, 0.29) is 0 Å². The maximum Gasteiger partial charge on any atom is -0.00991 e. The molecule has 48 heavy (non-hydrogen) atoms. The van der Waals surface area contributed by atoms with E-state index < -0.39 is 0 Å². The van der Waals surface area contributed by atoms with Crippen molar-refractivity contribution in [2.75, 3.05) is 0 Å². The third-order valence-corrected chi connectivity index (χ3v) is 7.83. The maximum atomic E-state index is 4.16. The van der Waals surface area contributed by atoms with E-state index in [1.807, 2.05) is 45.0 Å². The van der Waals surface area contributed by atoms with Crippen LogP contribution in [-0.2, 0) is 0 Å². The van der Waals surface area contributed by atoms with Crippen LogP contribution >= 0.6 is 0 Å². The van der Waals surface area contributed by atoms with Crippen LogP contribution in [0.1, 0.15) is 65.2 Å². The van der Waals surface area contributed by atoms with Crippen LogP contribution in [0.5, 0.6) is 0 Å². The third kappa shape index (κ3) is 10.7. The lowest BCUT2D eigenvalue weighted by atomic mass is 9.88. The molecule has 0 atom stereocenters. The van der Waals surface area contributed by atoms with Crippen LogP contribution in [-0.4, -0.2) is 0 Å². The van der Waals surface area contributed by atoms with Crippen molar-refractivity contribution in [1.82, 2.24) is 0 Å². The summed E-state index contributed by atoms with van der Waals surface area (Å²) in [5, 5.41) is 2.48. The van der Waals surface area contributed by atoms with Gasteiger partial charge in [-0.1, -0.05) is 171 Å². The van der Waals surface area contributed by atoms with E-state index in [0.717, 1.165) is 5.57 Å². The zero-order valence-corrected chi connectivity index (χ0v) is 30.2. The highest BCUT2D eigenvalue weighted by Crippen LogP contribution is 2.36. The minimum Gasteiger partial charge on any atom is -0.0984 e. The molecule has 0 saturated carbocycles. The van der Waals surface area contributed by atoms with Gasteiger partial charge in [-0.2, -0.15) is 0 Å². The smallest absolute Gasteiger partial charge is 0.00991 e. The molecule has 5 aromatic carbocycles. The minimum atomic E-state index is 1.16. The Kier molecular flexibility index (Phi) is 15.1. The van der Waals surface area contributed by atoms with E-state index in [1.165, 1.54) is 66.4 Å². The number of fused-ring (bicyclic) bond motifs is 1. The fourth-order valence-corrected chi connectivity index (χ4v) is 5.52. The van der Waals surface area contributed by atoms with E-state index in [4.69, 9.17) is 0 Å². The van der Waals surface area contributed by atoms with Gasteiger partial charge in [-0.25, -0.2) is 0 Å². The van der Waals surface area contributed by atoms with Crippen molar-refractivity contribution >= 4 is 22.4 Å². The Morgan fingerprint density at radius 3 is 1.81 bits per heavy atom. The summed E-state index contributed by atoms with van der Waals surface area (Å²) in [6, 6.07) is 41.1. The topological polar surface area (TPSA) is 0 Å². The number of hydrogen-bond acceptors (Lipinski definition) is 0. The SMILES string of the molecule is C=C/C(=C(/C)C=C(C)C)c1ccc(-c2ccc3cc(/C=C/C(/C=C\C)=C/C)ccc3c2)cc1-c1ccccc1.CC.Cc1ccccc1. The molecule has 0 fully saturated rings. The molecule has 0 nitrogen and oxygen atoms in total. The van der Waals surface area contributed by atoms with Crippen LogP contribution in [0.25, 0.3) is 44.7 Å². The summed E-state index contributed by atoms with van der Waals surface area (Å²) in [4.78, 5) is 0. The molecule has 0 amide bonds. The summed E-state index contributed by atoms with van der Waals surface area (Å²) in [6.07, 6.45) is 14.9. The molecule has 0 aromatic heterocycles. The van der Waals surface area contributed by atoms with Gasteiger partial charge in [0.05, 0.1) is 0 Å². The second-order valence-corrected chi connectivity index (χ2v) is 11.7. The molecule has 244 valence electrons. The van der Waals surface area contributed by atoms with Crippen molar-refractivity contribution in [3.05, 3.63) is 192 Å². The van der Waals surface area contributed by atoms with Crippen LogP contribution in [0.2, 0.25) is 0 Å². The average molecular weight is 629 g/mol. The zero-order chi connectivity index (χ0) is 34.9. The highest BCUT2D eigenvalue weighted by atomic mass is 14.2. The Morgan fingerprint density at radius 2 is 1.23 bits per heavy atom. The monoisotopic (exact) mass is 628 g/mol. The molecular weight excluding hydrogens is 577 g/mol. The lowest BCUT2D eigenvalue weighted by molar-refractivity contribution is 1.35. The number of benzene rings is 5. The summed E-state index contributed by atoms with van der Waals surface area (Å²) in [5.41, 5.74) is 13.4. The molecule has 0 spiro atoms. The van der Waals surface area contributed by atoms with Gasteiger partial charge in [0, 0.05) is 0 Å². The van der Waals surface area contributed by atoms with Gasteiger partial charge < -0.3 is 0 Å². The molecule has 0 bridgehead atoms. The molecular formula is C48H52. The van der Waals surface area contributed by atoms with Gasteiger partial charge in [0.2, 0.25) is 0 Å². The lowest BCUT2D eigenvalue weighted by Crippen LogP contribution is -1.92. The van der Waals surface area contributed by atoms with Gasteiger partial charge in [0.25, 0.3) is 0 Å². The van der Waals surface area contributed by atoms with E-state index in [1.54, 1.807) is 0 Å². The molecule has 5 aromatic rings. The largest absolute Gasteiger partial charge is 0.0984 e. The van der Waals surface area contributed by atoms with Crippen molar-refractivity contribution < 1.29 is 0 Å². The molecule has 0 N–H and O–H groups in total. The molecule has 0 radical (unpaired) electrons. The minimum absolute atomic E-state index is 1.16. The molecule has 5 rings (SSSR count). The normalized spacial score (nSPS) is 11.7. The van der Waals surface area contributed by atoms with Gasteiger partial charge in [-0.05, 0) is 121 Å². The Hall–Kier alpha value is -5.20. The van der Waals surface area contributed by atoms with E-state index >= 15 is 0 Å². The van der Waals surface area contributed by atoms with Crippen molar-refractivity contribution in [2.24, 2.45) is 0 Å². The predicted octanol–water partition coefficient (Wildman–Crippen LogP) is 14.7. The van der Waals surface area contributed by atoms with Gasteiger partial charge in [0.15, 0.2) is 0 Å². The van der Waals surface area contributed by atoms with Crippen molar-refractivity contribution in [1.29, 1.82) is 0 Å². The lowest BCUT2D eigenvalue weighted by Gasteiger charge is -2.16. The number of rotatable bonds is 8. The first-order valence-electron chi connectivity index (χ1n) is 17.0. The molecule has 0 heterocycles. The zero-order valence-electron chi connectivity index (χ0n) is 30.2. The Labute approximate surface area is 290 Å². The Balaban J connectivity index is 0.000000607. The van der Waals surface area contributed by atoms with Crippen molar-refractivity contribution in [3.8, 4) is 22.3 Å². The van der Waals surface area contributed by atoms with E-state index in [9.17, 15) is 0 Å². The fraction of sp³-hybridized carbons (Fsp3) is 0.167. The summed E-state index contributed by atoms with van der Waals surface area (Å²) < 4.78 is 0. The van der Waals surface area contributed by atoms with Crippen LogP contribution in [0.4, 0.5) is 0 Å². The van der Waals surface area contributed by atoms with Crippen LogP contribution in [0.15, 0.2) is 175 Å². The summed E-state index contributed by atoms with van der Waals surface area (Å²) in [5.74, 6) is 0. The van der Waals surface area contributed by atoms with Crippen molar-refractivity contribution in [2.45, 2.75) is 55.4 Å². The molecule has 0 aliphatic heterocycles. The van der Waals surface area contributed by atoms with Crippen LogP contribution < -0.4 is 0 Å². The molecule has 0 saturated heterocycles. The molecule has 0 heteroatoms. The number of hydrogen-bond donors (Lipinski definition) is 0. The van der Waals surface area contributed by atoms with E-state index in [0.29, 0.717) is 0 Å². The van der Waals surface area contributed by atoms with Gasteiger partial charge in [-0.3, -0.25) is 0 Å². The van der Waals surface area contributed by atoms with E-state index in [2.05, 4.69) is 175 Å². The highest BCUT2D eigenvalue weighted by molar-refractivity contribution is 5.92. The standard InChI is InChI=1S/C39H38.C7H8.C2H6/c1-7-13-30(8-2)16-17-31-18-19-34-26-35(21-20-33(34)25-31)36-22-23-38(37(9-3)29(6)24-28(4)5)39(27-36)32-14-11-10-12-15-32;1-7-5-3-2-4-6-7;1-2/h7-27H,3H2,1-2,4-6H3;2-6H,1H3;1-2H3/b13-7-,17-16+,30-8+,37-29+;;. The van der Waals surface area contributed by atoms with Gasteiger partial charge in [-0.15, -0.1) is 0 Å². The van der Waals surface area contributed by atoms with Gasteiger partial charge in [0.1, 0.15) is 0 Å². The molecule has 0 unspecified atom stereocenters. The predicted molar refractivity (Wildman–Crippen MR) is 217 cm³/mol.